The fourth-order valence-corrected chi connectivity index (χ4v) is 3.75. The number of ether oxygens (including phenoxy) is 1. The number of aryl methyl sites for hydroxylation is 2. The van der Waals surface area contributed by atoms with Crippen LogP contribution in [0.1, 0.15) is 42.6 Å². The Kier molecular flexibility index (Phi) is 7.96. The summed E-state index contributed by atoms with van der Waals surface area (Å²) < 4.78 is 5.21. The maximum Gasteiger partial charge on any atom is 0.229 e. The molecule has 1 fully saturated rings. The van der Waals surface area contributed by atoms with E-state index in [9.17, 15) is 0 Å². The Hall–Kier alpha value is -2.74. The van der Waals surface area contributed by atoms with Crippen molar-refractivity contribution in [2.45, 2.75) is 52.0 Å². The number of anilines is 1. The van der Waals surface area contributed by atoms with Crippen LogP contribution in [0.15, 0.2) is 35.3 Å². The van der Waals surface area contributed by atoms with Crippen molar-refractivity contribution in [2.24, 2.45) is 4.99 Å². The molecule has 30 heavy (non-hydrogen) atoms. The summed E-state index contributed by atoms with van der Waals surface area (Å²) in [6, 6.07) is 10.4. The average Bonchev–Trinajstić information content (AvgIpc) is 3.20. The molecule has 1 aromatic carbocycles. The van der Waals surface area contributed by atoms with Gasteiger partial charge in [-0.3, -0.25) is 10.3 Å². The number of hydrogen-bond donors (Lipinski definition) is 3. The van der Waals surface area contributed by atoms with Crippen LogP contribution >= 0.6 is 12.2 Å². The third-order valence-corrected chi connectivity index (χ3v) is 5.18. The number of rotatable bonds is 6. The number of benzene rings is 1. The van der Waals surface area contributed by atoms with Crippen LogP contribution in [0.3, 0.4) is 0 Å². The molecule has 1 aromatic heterocycles. The van der Waals surface area contributed by atoms with Gasteiger partial charge < -0.3 is 15.4 Å². The van der Waals surface area contributed by atoms with Gasteiger partial charge in [-0.05, 0) is 69.1 Å². The van der Waals surface area contributed by atoms with Gasteiger partial charge in [0.2, 0.25) is 11.9 Å². The van der Waals surface area contributed by atoms with Crippen LogP contribution in [0.2, 0.25) is 0 Å². The van der Waals surface area contributed by atoms with Gasteiger partial charge in [0.1, 0.15) is 5.75 Å². The van der Waals surface area contributed by atoms with Crippen LogP contribution in [0, 0.1) is 13.8 Å². The smallest absolute Gasteiger partial charge is 0.229 e. The van der Waals surface area contributed by atoms with Crippen molar-refractivity contribution in [1.82, 2.24) is 20.6 Å². The number of guanidine groups is 1. The van der Waals surface area contributed by atoms with Gasteiger partial charge >= 0.3 is 0 Å². The third-order valence-electron chi connectivity index (χ3n) is 4.96. The number of hydrogen-bond acceptors (Lipinski definition) is 5. The van der Waals surface area contributed by atoms with Crippen LogP contribution in [0.4, 0.5) is 5.95 Å². The normalized spacial score (nSPS) is 14.4. The van der Waals surface area contributed by atoms with Crippen molar-refractivity contribution < 1.29 is 4.74 Å². The second-order valence-corrected chi connectivity index (χ2v) is 7.92. The van der Waals surface area contributed by atoms with Crippen molar-refractivity contribution in [3.8, 4) is 5.75 Å². The Morgan fingerprint density at radius 1 is 1.13 bits per heavy atom. The summed E-state index contributed by atoms with van der Waals surface area (Å²) in [4.78, 5) is 13.6. The molecule has 0 saturated heterocycles. The second-order valence-electron chi connectivity index (χ2n) is 7.51. The van der Waals surface area contributed by atoms with Crippen molar-refractivity contribution in [2.75, 3.05) is 19.0 Å². The minimum Gasteiger partial charge on any atom is -0.497 e. The van der Waals surface area contributed by atoms with Gasteiger partial charge in [0.15, 0.2) is 5.11 Å². The number of aromatic nitrogens is 2. The summed E-state index contributed by atoms with van der Waals surface area (Å²) in [7, 11) is 1.67. The molecule has 1 aliphatic carbocycles. The molecule has 0 radical (unpaired) electrons. The number of nitrogens with one attached hydrogen (secondary N) is 3. The van der Waals surface area contributed by atoms with Crippen molar-refractivity contribution in [3.63, 3.8) is 0 Å². The lowest BCUT2D eigenvalue weighted by atomic mass is 10.1. The van der Waals surface area contributed by atoms with Gasteiger partial charge in [0.25, 0.3) is 0 Å². The lowest BCUT2D eigenvalue weighted by molar-refractivity contribution is 0.414. The molecule has 1 heterocycles. The summed E-state index contributed by atoms with van der Waals surface area (Å²) in [5, 5.41) is 10.3. The first-order chi connectivity index (χ1) is 14.5. The zero-order chi connectivity index (χ0) is 21.3. The first kappa shape index (κ1) is 22.0. The van der Waals surface area contributed by atoms with Crippen LogP contribution in [-0.2, 0) is 6.42 Å². The van der Waals surface area contributed by atoms with Crippen LogP contribution in [-0.4, -0.2) is 40.7 Å². The Bertz CT molecular complexity index is 857. The maximum atomic E-state index is 5.51. The summed E-state index contributed by atoms with van der Waals surface area (Å²) in [5.41, 5.74) is 2.98. The predicted molar refractivity (Wildman–Crippen MR) is 125 cm³/mol. The van der Waals surface area contributed by atoms with Crippen LogP contribution < -0.4 is 20.7 Å². The third kappa shape index (κ3) is 6.95. The van der Waals surface area contributed by atoms with Crippen LogP contribution in [0.25, 0.3) is 0 Å². The largest absolute Gasteiger partial charge is 0.497 e. The SMILES string of the molecule is COc1ccc(CCN=C(NC(=S)NC2CCCC2)Nc2nc(C)cc(C)n2)cc1. The van der Waals surface area contributed by atoms with Crippen molar-refractivity contribution >= 4 is 29.2 Å². The van der Waals surface area contributed by atoms with Crippen LogP contribution in [0.5, 0.6) is 5.75 Å². The molecule has 160 valence electrons. The zero-order valence-electron chi connectivity index (χ0n) is 17.9. The van der Waals surface area contributed by atoms with E-state index in [0.717, 1.165) is 36.4 Å². The number of nitrogens with zero attached hydrogens (tertiary/aromatic N) is 3. The number of thiocarbonyl (C=S) groups is 1. The molecular formula is C22H30N6OS. The first-order valence-corrected chi connectivity index (χ1v) is 10.8. The molecule has 2 aromatic rings. The topological polar surface area (TPSA) is 83.5 Å². The van der Waals surface area contributed by atoms with E-state index >= 15 is 0 Å². The van der Waals surface area contributed by atoms with Crippen molar-refractivity contribution in [1.29, 1.82) is 0 Å². The standard InChI is InChI=1S/C22H30N6OS/c1-15-14-16(2)25-21(24-15)27-20(28-22(30)26-18-6-4-5-7-18)23-13-12-17-8-10-19(29-3)11-9-17/h8-11,14,18H,4-7,12-13H2,1-3H3,(H3,23,24,25,26,27,28,30). The van der Waals surface area contributed by atoms with E-state index in [1.165, 1.54) is 18.4 Å². The Morgan fingerprint density at radius 2 is 1.80 bits per heavy atom. The molecule has 0 aliphatic heterocycles. The van der Waals surface area contributed by atoms with Crippen molar-refractivity contribution in [3.05, 3.63) is 47.3 Å². The minimum absolute atomic E-state index is 0.433. The van der Waals surface area contributed by atoms with E-state index in [2.05, 4.69) is 30.9 Å². The molecule has 3 N–H and O–H groups in total. The highest BCUT2D eigenvalue weighted by atomic mass is 32.1. The summed E-state index contributed by atoms with van der Waals surface area (Å²) in [6.07, 6.45) is 5.60. The van der Waals surface area contributed by atoms with E-state index in [4.69, 9.17) is 17.0 Å². The monoisotopic (exact) mass is 426 g/mol. The Labute approximate surface area is 183 Å². The van der Waals surface area contributed by atoms with Gasteiger partial charge in [0.05, 0.1) is 7.11 Å². The molecule has 0 amide bonds. The molecular weight excluding hydrogens is 396 g/mol. The quantitative estimate of drug-likeness (QED) is 0.370. The second kappa shape index (κ2) is 10.9. The van der Waals surface area contributed by atoms with Gasteiger partial charge in [-0.15, -0.1) is 0 Å². The molecule has 7 nitrogen and oxygen atoms in total. The fourth-order valence-electron chi connectivity index (χ4n) is 3.49. The van der Waals surface area contributed by atoms with E-state index in [1.807, 2.05) is 44.2 Å². The molecule has 1 aliphatic rings. The fraction of sp³-hybridized carbons (Fsp3) is 0.455. The number of methoxy groups -OCH3 is 1. The van der Waals surface area contributed by atoms with E-state index in [1.54, 1.807) is 7.11 Å². The van der Waals surface area contributed by atoms with Gasteiger partial charge in [-0.1, -0.05) is 25.0 Å². The van der Waals surface area contributed by atoms with Gasteiger partial charge in [-0.2, -0.15) is 0 Å². The molecule has 0 bridgehead atoms. The zero-order valence-corrected chi connectivity index (χ0v) is 18.7. The highest BCUT2D eigenvalue weighted by Gasteiger charge is 2.16. The molecule has 0 atom stereocenters. The average molecular weight is 427 g/mol. The Balaban J connectivity index is 1.66. The highest BCUT2D eigenvalue weighted by Crippen LogP contribution is 2.17. The molecule has 0 unspecified atom stereocenters. The molecule has 1 saturated carbocycles. The summed E-state index contributed by atoms with van der Waals surface area (Å²) >= 11 is 5.51. The van der Waals surface area contributed by atoms with E-state index in [0.29, 0.717) is 29.6 Å². The Morgan fingerprint density at radius 3 is 2.43 bits per heavy atom. The number of aliphatic imine (C=N–C) groups is 1. The lowest BCUT2D eigenvalue weighted by Crippen LogP contribution is -2.46. The summed E-state index contributed by atoms with van der Waals surface area (Å²) in [6.45, 7) is 4.48. The minimum atomic E-state index is 0.433. The van der Waals surface area contributed by atoms with E-state index < -0.39 is 0 Å². The molecule has 0 spiro atoms. The molecule has 3 rings (SSSR count). The highest BCUT2D eigenvalue weighted by molar-refractivity contribution is 7.80. The molecule has 8 heteroatoms. The van der Waals surface area contributed by atoms with Gasteiger partial charge in [-0.25, -0.2) is 9.97 Å². The predicted octanol–water partition coefficient (Wildman–Crippen LogP) is 3.52. The van der Waals surface area contributed by atoms with Gasteiger partial charge in [0, 0.05) is 24.0 Å². The summed E-state index contributed by atoms with van der Waals surface area (Å²) in [5.74, 6) is 1.90. The lowest BCUT2D eigenvalue weighted by Gasteiger charge is -2.17. The first-order valence-electron chi connectivity index (χ1n) is 10.4. The van der Waals surface area contributed by atoms with E-state index in [-0.39, 0.29) is 0 Å². The maximum absolute atomic E-state index is 5.51.